The molecule has 5 nitrogen and oxygen atoms in total. The molecule has 1 N–H and O–H groups in total. The summed E-state index contributed by atoms with van der Waals surface area (Å²) < 4.78 is 0. The number of aromatic nitrogens is 1. The molecule has 0 bridgehead atoms. The molecule has 0 aromatic carbocycles. The van der Waals surface area contributed by atoms with Gasteiger partial charge in [-0.15, -0.1) is 0 Å². The van der Waals surface area contributed by atoms with Crippen molar-refractivity contribution in [3.63, 3.8) is 0 Å². The Morgan fingerprint density at radius 3 is 2.94 bits per heavy atom. The van der Waals surface area contributed by atoms with Gasteiger partial charge in [0.05, 0.1) is 15.3 Å². The van der Waals surface area contributed by atoms with Gasteiger partial charge in [-0.05, 0) is 19.1 Å². The van der Waals surface area contributed by atoms with Crippen LogP contribution >= 0.6 is 23.4 Å². The summed E-state index contributed by atoms with van der Waals surface area (Å²) in [7, 11) is 0. The summed E-state index contributed by atoms with van der Waals surface area (Å²) >= 11 is 7.04. The van der Waals surface area contributed by atoms with E-state index in [0.29, 0.717) is 23.1 Å². The summed E-state index contributed by atoms with van der Waals surface area (Å²) in [5.74, 6) is -0.202. The fourth-order valence-corrected chi connectivity index (χ4v) is 2.53. The smallest absolute Gasteiger partial charge is 0.324 e. The van der Waals surface area contributed by atoms with Crippen LogP contribution in [0.4, 0.5) is 4.79 Å². The number of thioether (sulfide) groups is 1. The van der Waals surface area contributed by atoms with E-state index in [4.69, 9.17) is 11.6 Å². The van der Waals surface area contributed by atoms with Crippen LogP contribution in [0.5, 0.6) is 0 Å². The molecule has 1 saturated heterocycles. The van der Waals surface area contributed by atoms with Crippen molar-refractivity contribution in [1.82, 2.24) is 15.2 Å². The van der Waals surface area contributed by atoms with Crippen molar-refractivity contribution >= 4 is 35.3 Å². The van der Waals surface area contributed by atoms with Gasteiger partial charge >= 0.3 is 6.03 Å². The van der Waals surface area contributed by atoms with Crippen LogP contribution < -0.4 is 5.32 Å². The zero-order chi connectivity index (χ0) is 13.1. The first-order valence-corrected chi connectivity index (χ1v) is 6.71. The summed E-state index contributed by atoms with van der Waals surface area (Å²) in [6, 6.07) is 3.15. The van der Waals surface area contributed by atoms with Crippen LogP contribution in [0.3, 0.4) is 0 Å². The number of pyridine rings is 1. The van der Waals surface area contributed by atoms with Crippen molar-refractivity contribution in [2.45, 2.75) is 17.2 Å². The highest BCUT2D eigenvalue weighted by atomic mass is 35.5. The lowest BCUT2D eigenvalue weighted by molar-refractivity contribution is -0.126. The van der Waals surface area contributed by atoms with Gasteiger partial charge in [0.1, 0.15) is 0 Å². The van der Waals surface area contributed by atoms with Crippen molar-refractivity contribution in [2.24, 2.45) is 0 Å². The Hall–Kier alpha value is -1.27. The standard InChI is InChI=1S/C11H12ClN3O2S/c1-7(10(16)15-5-4-13-11(15)17)18-9-3-2-8(12)6-14-9/h2-3,6-7H,4-5H2,1H3,(H,13,17). The average Bonchev–Trinajstić information content (AvgIpc) is 2.77. The number of halogens is 1. The first kappa shape index (κ1) is 13.2. The first-order chi connectivity index (χ1) is 8.58. The molecule has 1 aromatic rings. The Balaban J connectivity index is 1.99. The lowest BCUT2D eigenvalue weighted by Crippen LogP contribution is -2.38. The van der Waals surface area contributed by atoms with Gasteiger partial charge in [-0.3, -0.25) is 9.69 Å². The summed E-state index contributed by atoms with van der Waals surface area (Å²) in [5.41, 5.74) is 0. The second kappa shape index (κ2) is 5.58. The Morgan fingerprint density at radius 1 is 1.61 bits per heavy atom. The van der Waals surface area contributed by atoms with E-state index < -0.39 is 0 Å². The highest BCUT2D eigenvalue weighted by Gasteiger charge is 2.30. The second-order valence-electron chi connectivity index (χ2n) is 3.80. The fraction of sp³-hybridized carbons (Fsp3) is 0.364. The number of urea groups is 1. The molecule has 3 amide bonds. The maximum atomic E-state index is 12.0. The van der Waals surface area contributed by atoms with Crippen LogP contribution in [0.15, 0.2) is 23.4 Å². The van der Waals surface area contributed by atoms with Gasteiger partial charge in [0, 0.05) is 19.3 Å². The topological polar surface area (TPSA) is 62.3 Å². The summed E-state index contributed by atoms with van der Waals surface area (Å²) in [6.07, 6.45) is 1.53. The van der Waals surface area contributed by atoms with E-state index in [-0.39, 0.29) is 17.2 Å². The minimum Gasteiger partial charge on any atom is -0.336 e. The minimum absolute atomic E-state index is 0.202. The van der Waals surface area contributed by atoms with E-state index in [9.17, 15) is 9.59 Å². The van der Waals surface area contributed by atoms with Crippen molar-refractivity contribution in [3.05, 3.63) is 23.4 Å². The Bertz CT molecular complexity index is 466. The molecule has 1 aromatic heterocycles. The number of carbonyl (C=O) groups is 2. The van der Waals surface area contributed by atoms with Gasteiger partial charge in [0.25, 0.3) is 0 Å². The minimum atomic E-state index is -0.359. The van der Waals surface area contributed by atoms with Crippen LogP contribution in [-0.2, 0) is 4.79 Å². The van der Waals surface area contributed by atoms with Gasteiger partial charge in [-0.2, -0.15) is 0 Å². The second-order valence-corrected chi connectivity index (χ2v) is 5.59. The molecule has 7 heteroatoms. The highest BCUT2D eigenvalue weighted by Crippen LogP contribution is 2.23. The van der Waals surface area contributed by atoms with Crippen molar-refractivity contribution in [2.75, 3.05) is 13.1 Å². The highest BCUT2D eigenvalue weighted by molar-refractivity contribution is 8.00. The fourth-order valence-electron chi connectivity index (χ4n) is 1.56. The largest absolute Gasteiger partial charge is 0.336 e. The molecule has 0 radical (unpaired) electrons. The molecule has 18 heavy (non-hydrogen) atoms. The summed E-state index contributed by atoms with van der Waals surface area (Å²) in [4.78, 5) is 28.7. The molecular weight excluding hydrogens is 274 g/mol. The average molecular weight is 286 g/mol. The first-order valence-electron chi connectivity index (χ1n) is 5.45. The number of rotatable bonds is 3. The number of imide groups is 1. The van der Waals surface area contributed by atoms with E-state index in [1.807, 2.05) is 0 Å². The molecule has 1 fully saturated rings. The molecule has 96 valence electrons. The van der Waals surface area contributed by atoms with Crippen molar-refractivity contribution < 1.29 is 9.59 Å². The third kappa shape index (κ3) is 2.94. The number of nitrogens with zero attached hydrogens (tertiary/aromatic N) is 2. The quantitative estimate of drug-likeness (QED) is 0.860. The lowest BCUT2D eigenvalue weighted by Gasteiger charge is -2.16. The van der Waals surface area contributed by atoms with Crippen LogP contribution in [0.25, 0.3) is 0 Å². The van der Waals surface area contributed by atoms with Gasteiger partial charge in [-0.25, -0.2) is 9.78 Å². The van der Waals surface area contributed by atoms with Crippen LogP contribution in [0.1, 0.15) is 6.92 Å². The van der Waals surface area contributed by atoms with Crippen LogP contribution in [0.2, 0.25) is 5.02 Å². The van der Waals surface area contributed by atoms with E-state index in [1.165, 1.54) is 22.9 Å². The van der Waals surface area contributed by atoms with E-state index >= 15 is 0 Å². The predicted molar refractivity (Wildman–Crippen MR) is 69.7 cm³/mol. The molecule has 2 rings (SSSR count). The number of hydrogen-bond acceptors (Lipinski definition) is 4. The predicted octanol–water partition coefficient (Wildman–Crippen LogP) is 1.77. The zero-order valence-electron chi connectivity index (χ0n) is 9.72. The van der Waals surface area contributed by atoms with Gasteiger partial charge < -0.3 is 5.32 Å². The van der Waals surface area contributed by atoms with Crippen molar-refractivity contribution in [3.8, 4) is 0 Å². The molecule has 1 unspecified atom stereocenters. The maximum Gasteiger partial charge on any atom is 0.324 e. The van der Waals surface area contributed by atoms with Gasteiger partial charge in [0.2, 0.25) is 5.91 Å². The lowest BCUT2D eigenvalue weighted by atomic mass is 10.4. The molecule has 0 saturated carbocycles. The number of amides is 3. The Labute approximate surface area is 114 Å². The Kier molecular flexibility index (Phi) is 4.08. The van der Waals surface area contributed by atoms with Gasteiger partial charge in [-0.1, -0.05) is 23.4 Å². The molecular formula is C11H12ClN3O2S. The SMILES string of the molecule is CC(Sc1ccc(Cl)cn1)C(=O)N1CCNC1=O. The third-order valence-electron chi connectivity index (χ3n) is 2.47. The van der Waals surface area contributed by atoms with E-state index in [0.717, 1.165) is 0 Å². The van der Waals surface area contributed by atoms with E-state index in [2.05, 4.69) is 10.3 Å². The molecule has 1 aliphatic heterocycles. The summed E-state index contributed by atoms with van der Waals surface area (Å²) in [6.45, 7) is 2.70. The van der Waals surface area contributed by atoms with Crippen LogP contribution in [0, 0.1) is 0 Å². The molecule has 2 heterocycles. The zero-order valence-corrected chi connectivity index (χ0v) is 11.3. The Morgan fingerprint density at radius 2 is 2.39 bits per heavy atom. The normalized spacial score (nSPS) is 16.6. The molecule has 1 atom stereocenters. The summed E-state index contributed by atoms with van der Waals surface area (Å²) in [5, 5.41) is 3.50. The number of carbonyl (C=O) groups excluding carboxylic acids is 2. The number of nitrogens with one attached hydrogen (secondary N) is 1. The molecule has 0 aliphatic carbocycles. The monoisotopic (exact) mass is 285 g/mol. The van der Waals surface area contributed by atoms with E-state index in [1.54, 1.807) is 19.1 Å². The number of hydrogen-bond donors (Lipinski definition) is 1. The molecule has 1 aliphatic rings. The third-order valence-corrected chi connectivity index (χ3v) is 3.73. The van der Waals surface area contributed by atoms with Crippen molar-refractivity contribution in [1.29, 1.82) is 0 Å². The maximum absolute atomic E-state index is 12.0. The van der Waals surface area contributed by atoms with Gasteiger partial charge in [0.15, 0.2) is 0 Å². The van der Waals surface area contributed by atoms with Crippen LogP contribution in [-0.4, -0.2) is 40.2 Å². The molecule has 0 spiro atoms.